The van der Waals surface area contributed by atoms with Gasteiger partial charge in [-0.1, -0.05) is 242 Å². The molecule has 0 radical (unpaired) electrons. The van der Waals surface area contributed by atoms with Gasteiger partial charge in [0, 0.05) is 41.5 Å². The van der Waals surface area contributed by atoms with Crippen LogP contribution < -0.4 is 41.5 Å². The summed E-state index contributed by atoms with van der Waals surface area (Å²) in [6, 6.07) is -62.3. The van der Waals surface area contributed by atoms with E-state index in [4.69, 9.17) is 63.1 Å². The maximum atomic E-state index is 10.6. The summed E-state index contributed by atoms with van der Waals surface area (Å²) in [6.07, 6.45) is 0. The summed E-state index contributed by atoms with van der Waals surface area (Å²) in [4.78, 5) is 0. The number of hydrogen-bond acceptors (Lipinski definition) is 14. The van der Waals surface area contributed by atoms with E-state index in [-0.39, 0.29) is 0 Å². The lowest BCUT2D eigenvalue weighted by Crippen LogP contribution is -2.91. The predicted octanol–water partition coefficient (Wildman–Crippen LogP) is 8.37. The molecule has 0 spiro atoms. The summed E-state index contributed by atoms with van der Waals surface area (Å²) in [5, 5.41) is -13.6. The van der Waals surface area contributed by atoms with Crippen LogP contribution in [0, 0.1) is 0 Å². The van der Waals surface area contributed by atoms with Gasteiger partial charge in [-0.05, 0) is 78.6 Å². The molecule has 0 unspecified atom stereocenters. The molecule has 4 saturated heterocycles. The first-order chi connectivity index (χ1) is 57.3. The Kier molecular flexibility index (Phi) is 8.65. The molecule has 0 amide bonds. The highest BCUT2D eigenvalue weighted by Gasteiger charge is 2.81. The van der Waals surface area contributed by atoms with E-state index in [2.05, 4.69) is 0 Å². The van der Waals surface area contributed by atoms with Crippen LogP contribution in [-0.4, -0.2) is 104 Å². The van der Waals surface area contributed by atoms with Gasteiger partial charge < -0.3 is 57.6 Å². The van der Waals surface area contributed by atoms with Crippen LogP contribution in [0.4, 0.5) is 0 Å². The van der Waals surface area contributed by atoms with Crippen molar-refractivity contribution in [2.24, 2.45) is 0 Å². The van der Waals surface area contributed by atoms with Crippen LogP contribution in [0.15, 0.2) is 242 Å². The van der Waals surface area contributed by atoms with Crippen molar-refractivity contribution in [2.75, 3.05) is 0 Å². The fourth-order valence-corrected chi connectivity index (χ4v) is 61.6. The largest absolute Gasteiger partial charge is 0.515 e. The molecular formula is C60H76O14Si12. The second-order valence-electron chi connectivity index (χ2n) is 22.3. The molecule has 26 heteroatoms. The summed E-state index contributed by atoms with van der Waals surface area (Å²) >= 11 is 0. The van der Waals surface area contributed by atoms with Crippen LogP contribution in [0.2, 0.25) is 78.6 Å². The van der Waals surface area contributed by atoms with E-state index in [9.17, 15) is 49.3 Å². The van der Waals surface area contributed by atoms with Gasteiger partial charge >= 0.3 is 70.4 Å². The second-order valence-corrected chi connectivity index (χ2v) is 63.6. The summed E-state index contributed by atoms with van der Waals surface area (Å²) in [7, 11) is -82.5. The number of rotatable bonds is 16. The van der Waals surface area contributed by atoms with Crippen molar-refractivity contribution in [2.45, 2.75) is 78.6 Å². The molecule has 4 fully saturated rings. The molecule has 86 heavy (non-hydrogen) atoms. The minimum Gasteiger partial charge on any atom is -0.413 e. The number of benzene rings is 8. The molecule has 4 aliphatic rings. The number of hydrogen-bond donors (Lipinski definition) is 0. The van der Waals surface area contributed by atoms with Gasteiger partial charge in [0.15, 0.2) is 33.3 Å². The van der Waals surface area contributed by atoms with E-state index in [1.165, 1.54) is 78.6 Å². The van der Waals surface area contributed by atoms with E-state index >= 15 is 0 Å². The zero-order valence-electron chi connectivity index (χ0n) is 87.7. The summed E-state index contributed by atoms with van der Waals surface area (Å²) in [5.41, 5.74) is 0. The smallest absolute Gasteiger partial charge is 0.413 e. The number of fused-ring (bicyclic) bond motifs is 4. The average molecular weight is 1400 g/mol. The summed E-state index contributed by atoms with van der Waals surface area (Å²) in [5.74, 6) is 0. The van der Waals surface area contributed by atoms with Crippen molar-refractivity contribution in [3.63, 3.8) is 0 Å². The van der Waals surface area contributed by atoms with E-state index in [0.717, 1.165) is 0 Å². The zero-order chi connectivity index (χ0) is 95.6. The fourth-order valence-electron chi connectivity index (χ4n) is 8.33. The molecule has 12 rings (SSSR count). The quantitative estimate of drug-likeness (QED) is 0.0860. The van der Waals surface area contributed by atoms with Gasteiger partial charge in [0.05, 0.1) is 54.8 Å². The third-order valence-electron chi connectivity index (χ3n) is 10.9. The van der Waals surface area contributed by atoms with Gasteiger partial charge in [-0.2, -0.15) is 0 Å². The van der Waals surface area contributed by atoms with Crippen LogP contribution in [0.3, 0.4) is 0 Å². The van der Waals surface area contributed by atoms with Crippen LogP contribution in [0.1, 0.15) is 54.8 Å². The Morgan fingerprint density at radius 1 is 0.209 bits per heavy atom. The van der Waals surface area contributed by atoms with E-state index < -0.39 is 387 Å². The maximum absolute atomic E-state index is 10.6. The Balaban J connectivity index is 1.77. The van der Waals surface area contributed by atoms with Crippen molar-refractivity contribution in [3.8, 4) is 0 Å². The van der Waals surface area contributed by atoms with Gasteiger partial charge in [-0.15, -0.1) is 0 Å². The zero-order valence-corrected chi connectivity index (χ0v) is 59.7. The van der Waals surface area contributed by atoms with E-state index in [1.54, 1.807) is 0 Å². The highest BCUT2D eigenvalue weighted by atomic mass is 28.6. The van der Waals surface area contributed by atoms with Crippen molar-refractivity contribution in [1.29, 1.82) is 0 Å². The standard InChI is InChI=1S/C60H76O14Si12/c1-75(2,3)61-79(53-37-21-13-22-38-53)65-83(57-45-29-17-30-46-57)67-80(62-76(4,5)6,54-39-23-14-24-40-54)68-84(66-79,58-47-31-18-32-48-58)74-86(60-51-35-20-36-52-60)70-81(63-77(7,8)9,55-41-25-15-26-42-55)69-85(73-83,59-49-33-19-34-50-59)71-82(72-86,64-78(10,11)12)56-43-27-16-28-44-56/h13-52H,1-12H3/i13D,14D,15D,16D,17D,18D,19D,20D,21D,22D,23D,24D,25D,26D,27D,28D,29D,30D,31D,32D,33D,34D,35D,36D,37D,38D,39D,40D,41D,42D,43D,44D,45D,46D,47D,48D,49D,50D,51D,52D. The maximum Gasteiger partial charge on any atom is 0.515 e. The summed E-state index contributed by atoms with van der Waals surface area (Å²) in [6.45, 7) is 14.5. The molecule has 14 nitrogen and oxygen atoms in total. The highest BCUT2D eigenvalue weighted by molar-refractivity contribution is 7.11. The first-order valence-electron chi connectivity index (χ1n) is 45.7. The van der Waals surface area contributed by atoms with E-state index in [1.807, 2.05) is 0 Å². The Morgan fingerprint density at radius 3 is 0.465 bits per heavy atom. The van der Waals surface area contributed by atoms with Gasteiger partial charge in [0.2, 0.25) is 0 Å². The first kappa shape index (κ1) is 30.7. The SMILES string of the molecule is [2H]c1c([2H])c([2H])c([Si]2(O[Si](C)(C)C)O[Si]3(c4c([2H])c([2H])c([2H])c([2H])c4[2H])O[Si](O[Si](C)(C)C)(c4c([2H])c([2H])c([2H])c([2H])c4[2H])O[Si](c4c([2H])c([2H])c([2H])c([2H])c4[2H])(O2)O[Si]2(c4c([2H])c([2H])c([2H])c([2H])c4[2H])O[Si](O[Si](C)(C)C)(c4c([2H])c([2H])c([2H])c([2H])c4[2H])O[Si](c4c([2H])c([2H])c([2H])c([2H])c4[2H])(O[Si](O[Si](C)(C)C)(c4c([2H])c([2H])c([2H])c([2H])c4[2H])O2)O3)c([2H])c1[2H]. The molecular weight excluding hydrogens is 1280 g/mol. The Labute approximate surface area is 576 Å². The Morgan fingerprint density at radius 2 is 0.337 bits per heavy atom. The van der Waals surface area contributed by atoms with Crippen molar-refractivity contribution >= 4 is 145 Å². The molecule has 0 N–H and O–H groups in total. The molecule has 4 bridgehead atoms. The molecule has 8 aromatic rings. The second kappa shape index (κ2) is 24.2. The normalized spacial score (nSPS) is 35.8. The summed E-state index contributed by atoms with van der Waals surface area (Å²) < 4.78 is 505. The monoisotopic (exact) mass is 1400 g/mol. The lowest BCUT2D eigenvalue weighted by Gasteiger charge is -2.58. The van der Waals surface area contributed by atoms with Gasteiger partial charge in [-0.3, -0.25) is 0 Å². The lowest BCUT2D eigenvalue weighted by molar-refractivity contribution is 0.0484. The first-order valence-corrected chi connectivity index (χ1v) is 53.1. The van der Waals surface area contributed by atoms with Gasteiger partial charge in [-0.25, -0.2) is 0 Å². The minimum atomic E-state index is -8.33. The highest BCUT2D eigenvalue weighted by Crippen LogP contribution is 2.44. The van der Waals surface area contributed by atoms with Crippen molar-refractivity contribution < 1.29 is 112 Å². The average Bonchev–Trinajstić information content (AvgIpc) is 0.666. The molecule has 0 aromatic heterocycles. The van der Waals surface area contributed by atoms with Gasteiger partial charge in [0.25, 0.3) is 0 Å². The Bertz CT molecular complexity index is 5040. The topological polar surface area (TPSA) is 129 Å². The fraction of sp³-hybridized carbons (Fsp3) is 0.200. The van der Waals surface area contributed by atoms with Crippen LogP contribution >= 0.6 is 0 Å². The lowest BCUT2D eigenvalue weighted by atomic mass is 10.4. The molecule has 448 valence electrons. The third kappa shape index (κ3) is 13.5. The minimum absolute atomic E-state index is 1.21. The molecule has 4 aliphatic heterocycles. The van der Waals surface area contributed by atoms with Gasteiger partial charge in [0.1, 0.15) is 0 Å². The van der Waals surface area contributed by atoms with E-state index in [0.29, 0.717) is 0 Å². The molecule has 0 aliphatic carbocycles. The predicted molar refractivity (Wildman–Crippen MR) is 363 cm³/mol. The molecule has 0 saturated carbocycles. The molecule has 4 heterocycles. The third-order valence-corrected chi connectivity index (χ3v) is 53.4. The molecule has 0 atom stereocenters. The van der Waals surface area contributed by atoms with Crippen molar-refractivity contribution in [3.05, 3.63) is 242 Å². The molecule has 8 aromatic carbocycles. The van der Waals surface area contributed by atoms with Crippen LogP contribution in [-0.2, 0) is 57.6 Å². The Hall–Kier alpha value is -4.20. The van der Waals surface area contributed by atoms with Crippen LogP contribution in [0.25, 0.3) is 0 Å². The van der Waals surface area contributed by atoms with Crippen LogP contribution in [0.5, 0.6) is 0 Å². The van der Waals surface area contributed by atoms with Crippen molar-refractivity contribution in [1.82, 2.24) is 0 Å².